The molecule has 0 aliphatic heterocycles. The van der Waals surface area contributed by atoms with Gasteiger partial charge in [0, 0.05) is 17.4 Å². The van der Waals surface area contributed by atoms with Crippen LogP contribution < -0.4 is 4.74 Å². The Hall–Kier alpha value is -2.73. The lowest BCUT2D eigenvalue weighted by Gasteiger charge is -2.01. The normalized spacial score (nSPS) is 10.6. The zero-order valence-electron chi connectivity index (χ0n) is 13.2. The van der Waals surface area contributed by atoms with Crippen LogP contribution in [0, 0.1) is 11.3 Å². The fourth-order valence-corrected chi connectivity index (χ4v) is 2.88. The van der Waals surface area contributed by atoms with Crippen LogP contribution in [0.4, 0.5) is 0 Å². The molecule has 0 radical (unpaired) electrons. The van der Waals surface area contributed by atoms with Gasteiger partial charge in [0.15, 0.2) is 0 Å². The van der Waals surface area contributed by atoms with Crippen molar-refractivity contribution in [3.8, 4) is 11.8 Å². The lowest BCUT2D eigenvalue weighted by molar-refractivity contribution is 0.415. The maximum absolute atomic E-state index is 9.13. The number of aryl methyl sites for hydroxylation is 2. The summed E-state index contributed by atoms with van der Waals surface area (Å²) in [6.07, 6.45) is 3.20. The van der Waals surface area contributed by atoms with Crippen molar-refractivity contribution in [3.63, 3.8) is 0 Å². The molecule has 0 bridgehead atoms. The molecule has 1 heterocycles. The fraction of sp³-hybridized carbons (Fsp3) is 0.250. The van der Waals surface area contributed by atoms with Crippen molar-refractivity contribution in [2.45, 2.75) is 25.7 Å². The highest BCUT2D eigenvalue weighted by molar-refractivity contribution is 5.84. The van der Waals surface area contributed by atoms with Crippen LogP contribution in [-0.2, 0) is 19.3 Å². The third-order valence-corrected chi connectivity index (χ3v) is 4.05. The van der Waals surface area contributed by atoms with Crippen LogP contribution in [0.25, 0.3) is 11.0 Å². The second-order valence-electron chi connectivity index (χ2n) is 5.54. The first-order valence-electron chi connectivity index (χ1n) is 7.81. The highest BCUT2D eigenvalue weighted by Crippen LogP contribution is 2.30. The number of methoxy groups -OCH3 is 1. The molecule has 0 unspecified atom stereocenters. The summed E-state index contributed by atoms with van der Waals surface area (Å²) in [5.41, 5.74) is 3.15. The molecule has 0 aliphatic carbocycles. The van der Waals surface area contributed by atoms with E-state index >= 15 is 0 Å². The Balaban J connectivity index is 1.82. The molecular weight excluding hydrogens is 286 g/mol. The van der Waals surface area contributed by atoms with Gasteiger partial charge in [0.05, 0.1) is 19.6 Å². The standard InChI is InChI=1S/C20H19NO2/c1-22-16-10-11-20-18(14-16)17(12-13-21)19(23-20)9-5-8-15-6-3-2-4-7-15/h2-4,6-7,10-11,14H,5,8-9,12H2,1H3. The van der Waals surface area contributed by atoms with Crippen molar-refractivity contribution in [3.05, 3.63) is 65.4 Å². The second kappa shape index (κ2) is 7.02. The van der Waals surface area contributed by atoms with Crippen molar-refractivity contribution >= 4 is 11.0 Å². The maximum Gasteiger partial charge on any atom is 0.134 e. The van der Waals surface area contributed by atoms with Crippen LogP contribution in [0.1, 0.15) is 23.3 Å². The molecule has 0 saturated carbocycles. The van der Waals surface area contributed by atoms with Crippen LogP contribution in [0.15, 0.2) is 52.9 Å². The van der Waals surface area contributed by atoms with Gasteiger partial charge in [0.1, 0.15) is 17.1 Å². The van der Waals surface area contributed by atoms with Crippen molar-refractivity contribution in [2.75, 3.05) is 7.11 Å². The van der Waals surface area contributed by atoms with Gasteiger partial charge in [-0.25, -0.2) is 0 Å². The minimum atomic E-state index is 0.362. The number of nitriles is 1. The summed E-state index contributed by atoms with van der Waals surface area (Å²) in [6.45, 7) is 0. The van der Waals surface area contributed by atoms with Gasteiger partial charge < -0.3 is 9.15 Å². The fourth-order valence-electron chi connectivity index (χ4n) is 2.88. The van der Waals surface area contributed by atoms with Crippen LogP contribution >= 0.6 is 0 Å². The van der Waals surface area contributed by atoms with Gasteiger partial charge in [-0.05, 0) is 36.6 Å². The first-order chi connectivity index (χ1) is 11.3. The molecule has 0 aliphatic rings. The van der Waals surface area contributed by atoms with Crippen LogP contribution in [0.3, 0.4) is 0 Å². The van der Waals surface area contributed by atoms with Gasteiger partial charge in [0.25, 0.3) is 0 Å². The smallest absolute Gasteiger partial charge is 0.134 e. The SMILES string of the molecule is COc1ccc2oc(CCCc3ccccc3)c(CC#N)c2c1. The number of furan rings is 1. The van der Waals surface area contributed by atoms with E-state index in [9.17, 15) is 0 Å². The average molecular weight is 305 g/mol. The van der Waals surface area contributed by atoms with Crippen molar-refractivity contribution in [1.29, 1.82) is 5.26 Å². The van der Waals surface area contributed by atoms with Crippen LogP contribution in [0.2, 0.25) is 0 Å². The monoisotopic (exact) mass is 305 g/mol. The van der Waals surface area contributed by atoms with Crippen LogP contribution in [0.5, 0.6) is 5.75 Å². The highest BCUT2D eigenvalue weighted by Gasteiger charge is 2.14. The lowest BCUT2D eigenvalue weighted by atomic mass is 10.0. The van der Waals surface area contributed by atoms with Gasteiger partial charge >= 0.3 is 0 Å². The number of benzene rings is 2. The molecule has 0 spiro atoms. The van der Waals surface area contributed by atoms with E-state index in [1.165, 1.54) is 5.56 Å². The zero-order chi connectivity index (χ0) is 16.1. The molecule has 0 amide bonds. The molecule has 0 fully saturated rings. The third kappa shape index (κ3) is 3.37. The quantitative estimate of drug-likeness (QED) is 0.664. The molecule has 3 nitrogen and oxygen atoms in total. The minimum absolute atomic E-state index is 0.362. The summed E-state index contributed by atoms with van der Waals surface area (Å²) in [7, 11) is 1.64. The number of ether oxygens (including phenoxy) is 1. The average Bonchev–Trinajstić information content (AvgIpc) is 2.93. The highest BCUT2D eigenvalue weighted by atomic mass is 16.5. The molecule has 0 N–H and O–H groups in total. The summed E-state index contributed by atoms with van der Waals surface area (Å²) in [6, 6.07) is 18.4. The van der Waals surface area contributed by atoms with E-state index in [1.807, 2.05) is 24.3 Å². The lowest BCUT2D eigenvalue weighted by Crippen LogP contribution is -1.92. The van der Waals surface area contributed by atoms with Crippen molar-refractivity contribution in [1.82, 2.24) is 0 Å². The molecule has 23 heavy (non-hydrogen) atoms. The Morgan fingerprint density at radius 2 is 1.91 bits per heavy atom. The third-order valence-electron chi connectivity index (χ3n) is 4.05. The Labute approximate surface area is 136 Å². The number of hydrogen-bond acceptors (Lipinski definition) is 3. The summed E-state index contributed by atoms with van der Waals surface area (Å²) in [5.74, 6) is 1.71. The van der Waals surface area contributed by atoms with Gasteiger partial charge in [-0.3, -0.25) is 0 Å². The second-order valence-corrected chi connectivity index (χ2v) is 5.54. The number of hydrogen-bond donors (Lipinski definition) is 0. The van der Waals surface area contributed by atoms with E-state index in [2.05, 4.69) is 30.3 Å². The minimum Gasteiger partial charge on any atom is -0.497 e. The summed E-state index contributed by atoms with van der Waals surface area (Å²) >= 11 is 0. The predicted octanol–water partition coefficient (Wildman–Crippen LogP) is 4.68. The maximum atomic E-state index is 9.13. The van der Waals surface area contributed by atoms with Crippen molar-refractivity contribution in [2.24, 2.45) is 0 Å². The van der Waals surface area contributed by atoms with Crippen molar-refractivity contribution < 1.29 is 9.15 Å². The molecule has 0 saturated heterocycles. The number of nitrogens with zero attached hydrogens (tertiary/aromatic N) is 1. The number of fused-ring (bicyclic) bond motifs is 1. The molecule has 0 atom stereocenters. The molecule has 2 aromatic carbocycles. The molecule has 116 valence electrons. The molecule has 3 heteroatoms. The zero-order valence-corrected chi connectivity index (χ0v) is 13.2. The Morgan fingerprint density at radius 1 is 1.09 bits per heavy atom. The van der Waals surface area contributed by atoms with E-state index in [-0.39, 0.29) is 0 Å². The van der Waals surface area contributed by atoms with E-state index < -0.39 is 0 Å². The Kier molecular flexibility index (Phi) is 4.63. The van der Waals surface area contributed by atoms with Crippen LogP contribution in [-0.4, -0.2) is 7.11 Å². The summed E-state index contributed by atoms with van der Waals surface area (Å²) in [5, 5.41) is 10.1. The molecule has 1 aromatic heterocycles. The molecular formula is C20H19NO2. The number of rotatable bonds is 6. The van der Waals surface area contributed by atoms with Gasteiger partial charge in [-0.1, -0.05) is 30.3 Å². The molecule has 3 rings (SSSR count). The van der Waals surface area contributed by atoms with E-state index in [4.69, 9.17) is 14.4 Å². The predicted molar refractivity (Wildman–Crippen MR) is 90.6 cm³/mol. The first kappa shape index (κ1) is 15.2. The van der Waals surface area contributed by atoms with Gasteiger partial charge in [-0.2, -0.15) is 5.26 Å². The van der Waals surface area contributed by atoms with E-state index in [1.54, 1.807) is 7.11 Å². The molecule has 3 aromatic rings. The van der Waals surface area contributed by atoms with E-state index in [0.717, 1.165) is 47.3 Å². The summed E-state index contributed by atoms with van der Waals surface area (Å²) in [4.78, 5) is 0. The van der Waals surface area contributed by atoms with Gasteiger partial charge in [0.2, 0.25) is 0 Å². The Morgan fingerprint density at radius 3 is 2.65 bits per heavy atom. The Bertz CT molecular complexity index is 828. The summed E-state index contributed by atoms with van der Waals surface area (Å²) < 4.78 is 11.3. The van der Waals surface area contributed by atoms with Gasteiger partial charge in [-0.15, -0.1) is 0 Å². The topological polar surface area (TPSA) is 46.2 Å². The largest absolute Gasteiger partial charge is 0.497 e. The van der Waals surface area contributed by atoms with E-state index in [0.29, 0.717) is 6.42 Å². The first-order valence-corrected chi connectivity index (χ1v) is 7.81.